The first kappa shape index (κ1) is 8.52. The van der Waals surface area contributed by atoms with Crippen LogP contribution in [0.5, 0.6) is 0 Å². The van der Waals surface area contributed by atoms with Crippen LogP contribution in [0, 0.1) is 0 Å². The summed E-state index contributed by atoms with van der Waals surface area (Å²) in [7, 11) is 0. The average Bonchev–Trinajstić information content (AvgIpc) is 2.30. The number of primary amides is 1. The van der Waals surface area contributed by atoms with Gasteiger partial charge in [-0.3, -0.25) is 4.79 Å². The number of amides is 1. The van der Waals surface area contributed by atoms with Crippen molar-refractivity contribution in [3.05, 3.63) is 20.8 Å². The highest BCUT2D eigenvalue weighted by Crippen LogP contribution is 2.26. The lowest BCUT2D eigenvalue weighted by Gasteiger charge is -1.86. The van der Waals surface area contributed by atoms with Crippen LogP contribution in [0.3, 0.4) is 0 Å². The largest absolute Gasteiger partial charge is 0.391 e. The molecular formula is C6H6ClNO2S. The van der Waals surface area contributed by atoms with E-state index >= 15 is 0 Å². The minimum absolute atomic E-state index is 0.113. The van der Waals surface area contributed by atoms with E-state index in [1.165, 1.54) is 6.07 Å². The zero-order valence-corrected chi connectivity index (χ0v) is 7.08. The maximum absolute atomic E-state index is 10.6. The number of nitrogens with two attached hydrogens (primary N) is 1. The van der Waals surface area contributed by atoms with E-state index in [0.717, 1.165) is 11.3 Å². The number of rotatable bonds is 2. The Morgan fingerprint density at radius 2 is 2.45 bits per heavy atom. The summed E-state index contributed by atoms with van der Waals surface area (Å²) in [6.07, 6.45) is 0. The smallest absolute Gasteiger partial charge is 0.260 e. The number of halogens is 1. The minimum atomic E-state index is -0.556. The molecule has 0 aliphatic carbocycles. The summed E-state index contributed by atoms with van der Waals surface area (Å²) in [5, 5.41) is 8.97. The molecule has 1 amide bonds. The predicted molar refractivity (Wildman–Crippen MR) is 43.8 cm³/mol. The van der Waals surface area contributed by atoms with Gasteiger partial charge in [0.1, 0.15) is 4.88 Å². The number of carbonyl (C=O) groups is 1. The fourth-order valence-electron chi connectivity index (χ4n) is 0.662. The van der Waals surface area contributed by atoms with Gasteiger partial charge in [-0.1, -0.05) is 11.6 Å². The summed E-state index contributed by atoms with van der Waals surface area (Å²) in [6.45, 7) is -0.113. The first-order chi connectivity index (χ1) is 5.15. The number of carbonyl (C=O) groups excluding carboxylic acids is 1. The van der Waals surface area contributed by atoms with E-state index in [9.17, 15) is 4.79 Å². The highest BCUT2D eigenvalue weighted by molar-refractivity contribution is 7.14. The average molecular weight is 192 g/mol. The van der Waals surface area contributed by atoms with Gasteiger partial charge in [-0.2, -0.15) is 0 Å². The molecule has 0 unspecified atom stereocenters. The molecule has 5 heteroatoms. The van der Waals surface area contributed by atoms with Gasteiger partial charge in [0.05, 0.1) is 11.6 Å². The quantitative estimate of drug-likeness (QED) is 0.733. The molecule has 0 atom stereocenters. The fourth-order valence-corrected chi connectivity index (χ4v) is 1.83. The number of thiophene rings is 1. The van der Waals surface area contributed by atoms with Crippen LogP contribution in [0.4, 0.5) is 0 Å². The lowest BCUT2D eigenvalue weighted by atomic mass is 10.4. The molecule has 3 nitrogen and oxygen atoms in total. The van der Waals surface area contributed by atoms with E-state index in [-0.39, 0.29) is 6.61 Å². The fraction of sp³-hybridized carbons (Fsp3) is 0.167. The van der Waals surface area contributed by atoms with Gasteiger partial charge in [0.2, 0.25) is 0 Å². The third-order valence-electron chi connectivity index (χ3n) is 1.12. The molecule has 1 aromatic rings. The van der Waals surface area contributed by atoms with E-state index in [0.29, 0.717) is 14.8 Å². The van der Waals surface area contributed by atoms with Crippen molar-refractivity contribution in [1.29, 1.82) is 0 Å². The van der Waals surface area contributed by atoms with Gasteiger partial charge in [-0.15, -0.1) is 11.3 Å². The van der Waals surface area contributed by atoms with Gasteiger partial charge in [0.25, 0.3) is 5.91 Å². The summed E-state index contributed by atoms with van der Waals surface area (Å²) in [5.74, 6) is -0.556. The van der Waals surface area contributed by atoms with Crippen molar-refractivity contribution in [2.24, 2.45) is 5.73 Å². The van der Waals surface area contributed by atoms with Crippen LogP contribution in [0.1, 0.15) is 14.5 Å². The monoisotopic (exact) mass is 191 g/mol. The summed E-state index contributed by atoms with van der Waals surface area (Å²) in [5.41, 5.74) is 4.99. The van der Waals surface area contributed by atoms with Gasteiger partial charge >= 0.3 is 0 Å². The topological polar surface area (TPSA) is 63.3 Å². The Hall–Kier alpha value is -0.580. The molecule has 11 heavy (non-hydrogen) atoms. The minimum Gasteiger partial charge on any atom is -0.391 e. The molecule has 1 aromatic heterocycles. The Kier molecular flexibility index (Phi) is 2.49. The van der Waals surface area contributed by atoms with E-state index < -0.39 is 5.91 Å². The SMILES string of the molecule is NC(=O)c1sc(CO)cc1Cl. The number of aliphatic hydroxyl groups excluding tert-OH is 1. The van der Waals surface area contributed by atoms with Gasteiger partial charge in [-0.25, -0.2) is 0 Å². The van der Waals surface area contributed by atoms with Crippen LogP contribution in [0.2, 0.25) is 5.02 Å². The molecule has 1 heterocycles. The van der Waals surface area contributed by atoms with E-state index in [2.05, 4.69) is 0 Å². The first-order valence-electron chi connectivity index (χ1n) is 2.84. The zero-order chi connectivity index (χ0) is 8.43. The summed E-state index contributed by atoms with van der Waals surface area (Å²) >= 11 is 6.73. The molecule has 60 valence electrons. The van der Waals surface area contributed by atoms with Gasteiger partial charge in [0.15, 0.2) is 0 Å². The number of aliphatic hydroxyl groups is 1. The van der Waals surface area contributed by atoms with Crippen molar-refractivity contribution in [2.45, 2.75) is 6.61 Å². The van der Waals surface area contributed by atoms with Gasteiger partial charge in [0, 0.05) is 4.88 Å². The molecule has 0 bridgehead atoms. The molecule has 3 N–H and O–H groups in total. The highest BCUT2D eigenvalue weighted by atomic mass is 35.5. The second-order valence-corrected chi connectivity index (χ2v) is 3.46. The van der Waals surface area contributed by atoms with Crippen molar-refractivity contribution >= 4 is 28.8 Å². The van der Waals surface area contributed by atoms with Crippen molar-refractivity contribution in [3.8, 4) is 0 Å². The second-order valence-electron chi connectivity index (χ2n) is 1.91. The van der Waals surface area contributed by atoms with Crippen molar-refractivity contribution in [1.82, 2.24) is 0 Å². The van der Waals surface area contributed by atoms with Crippen LogP contribution in [0.25, 0.3) is 0 Å². The summed E-state index contributed by atoms with van der Waals surface area (Å²) < 4.78 is 0. The summed E-state index contributed by atoms with van der Waals surface area (Å²) in [6, 6.07) is 1.53. The molecule has 0 aromatic carbocycles. The molecule has 0 spiro atoms. The molecule has 0 fully saturated rings. The molecule has 0 aliphatic heterocycles. The second kappa shape index (κ2) is 3.21. The van der Waals surface area contributed by atoms with E-state index in [4.69, 9.17) is 22.4 Å². The van der Waals surface area contributed by atoms with Crippen LogP contribution < -0.4 is 5.73 Å². The molecule has 0 aliphatic rings. The lowest BCUT2D eigenvalue weighted by molar-refractivity contribution is 0.100. The van der Waals surface area contributed by atoms with E-state index in [1.54, 1.807) is 0 Å². The zero-order valence-electron chi connectivity index (χ0n) is 5.50. The molecule has 1 rings (SSSR count). The first-order valence-corrected chi connectivity index (χ1v) is 4.03. The third kappa shape index (κ3) is 1.71. The Morgan fingerprint density at radius 3 is 2.73 bits per heavy atom. The Balaban J connectivity index is 3.07. The predicted octanol–water partition coefficient (Wildman–Crippen LogP) is 0.993. The van der Waals surface area contributed by atoms with Crippen LogP contribution in [-0.4, -0.2) is 11.0 Å². The molecule has 0 saturated carbocycles. The Labute approximate surface area is 72.4 Å². The lowest BCUT2D eigenvalue weighted by Crippen LogP contribution is -2.08. The van der Waals surface area contributed by atoms with Crippen molar-refractivity contribution in [3.63, 3.8) is 0 Å². The van der Waals surface area contributed by atoms with Crippen LogP contribution in [0.15, 0.2) is 6.07 Å². The maximum Gasteiger partial charge on any atom is 0.260 e. The third-order valence-corrected chi connectivity index (χ3v) is 2.66. The van der Waals surface area contributed by atoms with Crippen LogP contribution in [-0.2, 0) is 6.61 Å². The normalized spacial score (nSPS) is 10.0. The van der Waals surface area contributed by atoms with Crippen molar-refractivity contribution in [2.75, 3.05) is 0 Å². The van der Waals surface area contributed by atoms with Gasteiger partial charge < -0.3 is 10.8 Å². The van der Waals surface area contributed by atoms with E-state index in [1.807, 2.05) is 0 Å². The standard InChI is InChI=1S/C6H6ClNO2S/c7-4-1-3(2-9)11-5(4)6(8)10/h1,9H,2H2,(H2,8,10). The maximum atomic E-state index is 10.6. The van der Waals surface area contributed by atoms with Crippen LogP contribution >= 0.6 is 22.9 Å². The Bertz CT molecular complexity index is 284. The molecule has 0 saturated heterocycles. The number of hydrogen-bond acceptors (Lipinski definition) is 3. The van der Waals surface area contributed by atoms with Gasteiger partial charge in [-0.05, 0) is 6.07 Å². The number of hydrogen-bond donors (Lipinski definition) is 2. The highest BCUT2D eigenvalue weighted by Gasteiger charge is 2.10. The molecule has 0 radical (unpaired) electrons. The molecular weight excluding hydrogens is 186 g/mol. The summed E-state index contributed by atoms with van der Waals surface area (Å²) in [4.78, 5) is 11.6. The van der Waals surface area contributed by atoms with Crippen molar-refractivity contribution < 1.29 is 9.90 Å². The Morgan fingerprint density at radius 1 is 1.82 bits per heavy atom.